The Labute approximate surface area is 147 Å². The molecular weight excluding hydrogens is 314 g/mol. The molecule has 0 fully saturated rings. The van der Waals surface area contributed by atoms with Crippen molar-refractivity contribution in [3.63, 3.8) is 0 Å². The van der Waals surface area contributed by atoms with Crippen molar-refractivity contribution in [1.82, 2.24) is 5.32 Å². The Hall–Kier alpha value is -3.01. The third-order valence-corrected chi connectivity index (χ3v) is 4.03. The summed E-state index contributed by atoms with van der Waals surface area (Å²) in [5.74, 6) is 1.44. The van der Waals surface area contributed by atoms with Gasteiger partial charge in [-0.25, -0.2) is 0 Å². The van der Waals surface area contributed by atoms with Gasteiger partial charge in [-0.1, -0.05) is 42.0 Å². The molecule has 3 aromatic rings. The summed E-state index contributed by atoms with van der Waals surface area (Å²) < 4.78 is 11.0. The van der Waals surface area contributed by atoms with Crippen molar-refractivity contribution < 1.29 is 14.3 Å². The van der Waals surface area contributed by atoms with Crippen molar-refractivity contribution in [3.05, 3.63) is 71.8 Å². The lowest BCUT2D eigenvalue weighted by Gasteiger charge is -2.11. The molecule has 0 saturated carbocycles. The highest BCUT2D eigenvalue weighted by Gasteiger charge is 2.12. The molecule has 3 aromatic carbocycles. The summed E-state index contributed by atoms with van der Waals surface area (Å²) >= 11 is 0. The van der Waals surface area contributed by atoms with Gasteiger partial charge in [-0.3, -0.25) is 4.79 Å². The van der Waals surface area contributed by atoms with E-state index in [1.165, 1.54) is 5.56 Å². The van der Waals surface area contributed by atoms with Crippen molar-refractivity contribution in [2.45, 2.75) is 6.92 Å². The molecule has 3 rings (SSSR count). The summed E-state index contributed by atoms with van der Waals surface area (Å²) in [4.78, 5) is 12.5. The number of carbonyl (C=O) groups excluding carboxylic acids is 1. The fourth-order valence-corrected chi connectivity index (χ4v) is 2.71. The van der Waals surface area contributed by atoms with Crippen molar-refractivity contribution in [2.24, 2.45) is 0 Å². The van der Waals surface area contributed by atoms with E-state index in [9.17, 15) is 4.79 Å². The molecule has 0 saturated heterocycles. The first-order valence-corrected chi connectivity index (χ1v) is 8.22. The summed E-state index contributed by atoms with van der Waals surface area (Å²) in [7, 11) is 1.63. The zero-order valence-electron chi connectivity index (χ0n) is 14.4. The fraction of sp³-hybridized carbons (Fsp3) is 0.190. The first-order valence-electron chi connectivity index (χ1n) is 8.22. The second-order valence-corrected chi connectivity index (χ2v) is 5.78. The van der Waals surface area contributed by atoms with Gasteiger partial charge in [-0.05, 0) is 36.6 Å². The van der Waals surface area contributed by atoms with Crippen molar-refractivity contribution >= 4 is 16.7 Å². The normalized spacial score (nSPS) is 10.5. The van der Waals surface area contributed by atoms with E-state index >= 15 is 0 Å². The van der Waals surface area contributed by atoms with Gasteiger partial charge in [0.15, 0.2) is 0 Å². The largest absolute Gasteiger partial charge is 0.496 e. The Kier molecular flexibility index (Phi) is 5.19. The maximum Gasteiger partial charge on any atom is 0.252 e. The van der Waals surface area contributed by atoms with Gasteiger partial charge >= 0.3 is 0 Å². The van der Waals surface area contributed by atoms with E-state index in [0.29, 0.717) is 18.7 Å². The molecule has 128 valence electrons. The average Bonchev–Trinajstić information content (AvgIpc) is 2.65. The third kappa shape index (κ3) is 3.91. The van der Waals surface area contributed by atoms with Crippen molar-refractivity contribution in [1.29, 1.82) is 0 Å². The molecule has 0 atom stereocenters. The van der Waals surface area contributed by atoms with E-state index in [0.717, 1.165) is 22.3 Å². The van der Waals surface area contributed by atoms with Crippen molar-refractivity contribution in [2.75, 3.05) is 20.3 Å². The molecular formula is C21H21NO3. The van der Waals surface area contributed by atoms with Gasteiger partial charge in [-0.15, -0.1) is 0 Å². The number of nitrogens with one attached hydrogen (secondary N) is 1. The molecule has 1 N–H and O–H groups in total. The molecule has 0 aliphatic rings. The first kappa shape index (κ1) is 16.8. The highest BCUT2D eigenvalue weighted by atomic mass is 16.5. The molecule has 1 amide bonds. The summed E-state index contributed by atoms with van der Waals surface area (Å²) in [6.45, 7) is 2.89. The number of amides is 1. The molecule has 0 bridgehead atoms. The second-order valence-electron chi connectivity index (χ2n) is 5.78. The Bertz CT molecular complexity index is 872. The molecule has 4 nitrogen and oxygen atoms in total. The lowest BCUT2D eigenvalue weighted by atomic mass is 10.0. The van der Waals surface area contributed by atoms with E-state index in [4.69, 9.17) is 9.47 Å². The fourth-order valence-electron chi connectivity index (χ4n) is 2.71. The van der Waals surface area contributed by atoms with Gasteiger partial charge in [0.2, 0.25) is 0 Å². The van der Waals surface area contributed by atoms with Crippen LogP contribution in [-0.2, 0) is 0 Å². The zero-order chi connectivity index (χ0) is 17.6. The molecule has 0 aliphatic heterocycles. The third-order valence-electron chi connectivity index (χ3n) is 4.03. The number of hydrogen-bond acceptors (Lipinski definition) is 3. The van der Waals surface area contributed by atoms with E-state index in [-0.39, 0.29) is 5.91 Å². The Morgan fingerprint density at radius 2 is 1.68 bits per heavy atom. The number of fused-ring (bicyclic) bond motifs is 1. The van der Waals surface area contributed by atoms with Crippen LogP contribution in [0, 0.1) is 6.92 Å². The van der Waals surface area contributed by atoms with E-state index in [2.05, 4.69) is 5.32 Å². The number of aryl methyl sites for hydroxylation is 1. The van der Waals surface area contributed by atoms with Gasteiger partial charge in [0.05, 0.1) is 13.7 Å². The molecule has 0 radical (unpaired) electrons. The van der Waals surface area contributed by atoms with Gasteiger partial charge in [0.25, 0.3) is 5.91 Å². The quantitative estimate of drug-likeness (QED) is 0.694. The number of rotatable bonds is 6. The van der Waals surface area contributed by atoms with Crippen LogP contribution in [0.25, 0.3) is 10.8 Å². The second kappa shape index (κ2) is 7.71. The van der Waals surface area contributed by atoms with E-state index in [1.807, 2.05) is 61.5 Å². The van der Waals surface area contributed by atoms with Crippen LogP contribution in [0.15, 0.2) is 60.7 Å². The van der Waals surface area contributed by atoms with Crippen LogP contribution in [0.2, 0.25) is 0 Å². The van der Waals surface area contributed by atoms with E-state index in [1.54, 1.807) is 13.2 Å². The molecule has 0 heterocycles. The number of methoxy groups -OCH3 is 1. The smallest absolute Gasteiger partial charge is 0.252 e. The van der Waals surface area contributed by atoms with Gasteiger partial charge in [0.1, 0.15) is 18.1 Å². The maximum absolute atomic E-state index is 12.5. The van der Waals surface area contributed by atoms with Gasteiger partial charge in [-0.2, -0.15) is 0 Å². The van der Waals surface area contributed by atoms with Crippen LogP contribution in [0.1, 0.15) is 15.9 Å². The Morgan fingerprint density at radius 3 is 2.40 bits per heavy atom. The number of ether oxygens (including phenoxy) is 2. The highest BCUT2D eigenvalue weighted by molar-refractivity contribution is 6.08. The Balaban J connectivity index is 1.63. The number of carbonyl (C=O) groups is 1. The maximum atomic E-state index is 12.5. The van der Waals surface area contributed by atoms with Gasteiger partial charge in [0, 0.05) is 10.9 Å². The molecule has 0 aliphatic carbocycles. The van der Waals surface area contributed by atoms with Crippen LogP contribution >= 0.6 is 0 Å². The van der Waals surface area contributed by atoms with Crippen LogP contribution in [0.3, 0.4) is 0 Å². The molecule has 0 spiro atoms. The molecule has 0 unspecified atom stereocenters. The van der Waals surface area contributed by atoms with Crippen LogP contribution in [0.5, 0.6) is 11.5 Å². The first-order chi connectivity index (χ1) is 12.2. The average molecular weight is 335 g/mol. The number of hydrogen-bond donors (Lipinski definition) is 1. The molecule has 4 heteroatoms. The standard InChI is InChI=1S/C21H21NO3/c1-15-7-9-16(10-8-15)25-14-13-22-21(23)19-11-12-20(24-2)18-6-4-3-5-17(18)19/h3-12H,13-14H2,1-2H3,(H,22,23). The Morgan fingerprint density at radius 1 is 0.960 bits per heavy atom. The SMILES string of the molecule is COc1ccc(C(=O)NCCOc2ccc(C)cc2)c2ccccc12. The minimum Gasteiger partial charge on any atom is -0.496 e. The lowest BCUT2D eigenvalue weighted by molar-refractivity contribution is 0.0948. The summed E-state index contributed by atoms with van der Waals surface area (Å²) in [5.41, 5.74) is 1.82. The minimum absolute atomic E-state index is 0.119. The number of benzene rings is 3. The predicted octanol–water partition coefficient (Wildman–Crippen LogP) is 3.97. The monoisotopic (exact) mass is 335 g/mol. The summed E-state index contributed by atoms with van der Waals surface area (Å²) in [5, 5.41) is 4.70. The van der Waals surface area contributed by atoms with Crippen molar-refractivity contribution in [3.8, 4) is 11.5 Å². The van der Waals surface area contributed by atoms with Crippen LogP contribution in [-0.4, -0.2) is 26.2 Å². The minimum atomic E-state index is -0.119. The topological polar surface area (TPSA) is 47.6 Å². The summed E-state index contributed by atoms with van der Waals surface area (Å²) in [6, 6.07) is 19.2. The summed E-state index contributed by atoms with van der Waals surface area (Å²) in [6.07, 6.45) is 0. The zero-order valence-corrected chi connectivity index (χ0v) is 14.4. The van der Waals surface area contributed by atoms with Crippen LogP contribution in [0.4, 0.5) is 0 Å². The van der Waals surface area contributed by atoms with Crippen LogP contribution < -0.4 is 14.8 Å². The predicted molar refractivity (Wildman–Crippen MR) is 99.5 cm³/mol. The highest BCUT2D eigenvalue weighted by Crippen LogP contribution is 2.28. The lowest BCUT2D eigenvalue weighted by Crippen LogP contribution is -2.28. The molecule has 0 aromatic heterocycles. The van der Waals surface area contributed by atoms with Gasteiger partial charge < -0.3 is 14.8 Å². The van der Waals surface area contributed by atoms with E-state index < -0.39 is 0 Å². The molecule has 25 heavy (non-hydrogen) atoms.